The first-order valence-electron chi connectivity index (χ1n) is 5.66. The van der Waals surface area contributed by atoms with Gasteiger partial charge in [0.1, 0.15) is 10.2 Å². The van der Waals surface area contributed by atoms with E-state index in [0.29, 0.717) is 4.34 Å². The zero-order chi connectivity index (χ0) is 14.0. The van der Waals surface area contributed by atoms with Crippen molar-refractivity contribution in [3.05, 3.63) is 54.4 Å². The van der Waals surface area contributed by atoms with Gasteiger partial charge in [-0.2, -0.15) is 0 Å². The number of nitrogens with one attached hydrogen (secondary N) is 1. The highest BCUT2D eigenvalue weighted by Crippen LogP contribution is 2.37. The quantitative estimate of drug-likeness (QED) is 0.719. The Balaban J connectivity index is 2.41. The largest absolute Gasteiger partial charge is 0.306 e. The van der Waals surface area contributed by atoms with Gasteiger partial charge in [-0.05, 0) is 46.2 Å². The summed E-state index contributed by atoms with van der Waals surface area (Å²) in [5.41, 5.74) is 0.828. The molecular formula is C13H11BrCl2FNS. The van der Waals surface area contributed by atoms with Crippen LogP contribution in [-0.2, 0) is 0 Å². The van der Waals surface area contributed by atoms with Crippen LogP contribution in [0, 0.1) is 5.82 Å². The van der Waals surface area contributed by atoms with Gasteiger partial charge in [0.15, 0.2) is 0 Å². The summed E-state index contributed by atoms with van der Waals surface area (Å²) < 4.78 is 15.1. The molecule has 19 heavy (non-hydrogen) atoms. The van der Waals surface area contributed by atoms with Crippen LogP contribution in [0.15, 0.2) is 28.7 Å². The van der Waals surface area contributed by atoms with Crippen molar-refractivity contribution in [2.75, 3.05) is 6.54 Å². The van der Waals surface area contributed by atoms with E-state index in [4.69, 9.17) is 23.2 Å². The van der Waals surface area contributed by atoms with Crippen molar-refractivity contribution in [1.82, 2.24) is 5.32 Å². The first kappa shape index (κ1) is 15.3. The van der Waals surface area contributed by atoms with Gasteiger partial charge in [-0.25, -0.2) is 4.39 Å². The molecule has 0 saturated heterocycles. The fourth-order valence-electron chi connectivity index (χ4n) is 1.78. The second-order valence-electron chi connectivity index (χ2n) is 3.93. The smallest absolute Gasteiger partial charge is 0.142 e. The lowest BCUT2D eigenvalue weighted by Gasteiger charge is -2.17. The molecule has 0 saturated carbocycles. The van der Waals surface area contributed by atoms with Gasteiger partial charge in [-0.1, -0.05) is 36.2 Å². The molecule has 0 spiro atoms. The van der Waals surface area contributed by atoms with Crippen LogP contribution in [0.2, 0.25) is 9.36 Å². The molecule has 0 fully saturated rings. The SMILES string of the molecule is CCNC(c1ccc(Cl)c(F)c1)c1cc(Br)c(Cl)s1. The monoisotopic (exact) mass is 381 g/mol. The Kier molecular flexibility index (Phi) is 5.26. The normalized spacial score (nSPS) is 12.7. The molecule has 1 aromatic carbocycles. The van der Waals surface area contributed by atoms with Crippen molar-refractivity contribution in [3.8, 4) is 0 Å². The van der Waals surface area contributed by atoms with Gasteiger partial charge in [0.2, 0.25) is 0 Å². The van der Waals surface area contributed by atoms with Crippen LogP contribution < -0.4 is 5.32 Å². The third-order valence-corrected chi connectivity index (χ3v) is 5.48. The first-order chi connectivity index (χ1) is 9.02. The van der Waals surface area contributed by atoms with E-state index in [-0.39, 0.29) is 11.1 Å². The van der Waals surface area contributed by atoms with Crippen LogP contribution in [-0.4, -0.2) is 6.54 Å². The van der Waals surface area contributed by atoms with E-state index in [1.54, 1.807) is 6.07 Å². The molecule has 0 aliphatic carbocycles. The predicted octanol–water partition coefficient (Wildman–Crippen LogP) is 5.66. The maximum atomic E-state index is 13.6. The Labute approximate surface area is 133 Å². The molecule has 1 nitrogen and oxygen atoms in total. The first-order valence-corrected chi connectivity index (χ1v) is 8.02. The van der Waals surface area contributed by atoms with Crippen LogP contribution in [0.1, 0.15) is 23.4 Å². The Morgan fingerprint density at radius 2 is 2.11 bits per heavy atom. The van der Waals surface area contributed by atoms with Crippen LogP contribution in [0.3, 0.4) is 0 Å². The highest BCUT2D eigenvalue weighted by Gasteiger charge is 2.18. The van der Waals surface area contributed by atoms with E-state index < -0.39 is 5.82 Å². The van der Waals surface area contributed by atoms with E-state index in [9.17, 15) is 4.39 Å². The van der Waals surface area contributed by atoms with Gasteiger partial charge >= 0.3 is 0 Å². The minimum absolute atomic E-state index is 0.0921. The zero-order valence-electron chi connectivity index (χ0n) is 10.0. The minimum atomic E-state index is -0.413. The molecule has 1 unspecified atom stereocenters. The van der Waals surface area contributed by atoms with E-state index in [1.165, 1.54) is 17.4 Å². The number of thiophene rings is 1. The summed E-state index contributed by atoms with van der Waals surface area (Å²) in [6, 6.07) is 6.70. The Morgan fingerprint density at radius 1 is 1.37 bits per heavy atom. The lowest BCUT2D eigenvalue weighted by molar-refractivity contribution is 0.607. The Morgan fingerprint density at radius 3 is 2.63 bits per heavy atom. The molecule has 2 rings (SSSR count). The molecule has 0 amide bonds. The fourth-order valence-corrected chi connectivity index (χ4v) is 3.74. The number of halogens is 4. The summed E-state index contributed by atoms with van der Waals surface area (Å²) in [4.78, 5) is 1.03. The van der Waals surface area contributed by atoms with Crippen molar-refractivity contribution in [2.24, 2.45) is 0 Å². The summed E-state index contributed by atoms with van der Waals surface area (Å²) in [5, 5.41) is 3.45. The average molecular weight is 383 g/mol. The number of hydrogen-bond donors (Lipinski definition) is 1. The summed E-state index contributed by atoms with van der Waals surface area (Å²) in [6.45, 7) is 2.77. The van der Waals surface area contributed by atoms with Crippen molar-refractivity contribution in [2.45, 2.75) is 13.0 Å². The van der Waals surface area contributed by atoms with Gasteiger partial charge in [0.05, 0.1) is 11.1 Å². The summed E-state index contributed by atoms with van der Waals surface area (Å²) in [7, 11) is 0. The lowest BCUT2D eigenvalue weighted by atomic mass is 10.1. The maximum absolute atomic E-state index is 13.6. The van der Waals surface area contributed by atoms with Gasteiger partial charge < -0.3 is 5.32 Å². The van der Waals surface area contributed by atoms with Crippen LogP contribution in [0.25, 0.3) is 0 Å². The Hall–Kier alpha value is -0.130. The van der Waals surface area contributed by atoms with Gasteiger partial charge in [0, 0.05) is 9.35 Å². The molecule has 102 valence electrons. The molecule has 0 bridgehead atoms. The van der Waals surface area contributed by atoms with E-state index in [1.807, 2.05) is 19.1 Å². The molecule has 2 aromatic rings. The maximum Gasteiger partial charge on any atom is 0.142 e. The number of benzene rings is 1. The van der Waals surface area contributed by atoms with E-state index in [2.05, 4.69) is 21.2 Å². The molecule has 6 heteroatoms. The standard InChI is InChI=1S/C13H11BrCl2FNS/c1-2-18-12(11-6-8(14)13(16)19-11)7-3-4-9(15)10(17)5-7/h3-6,12,18H,2H2,1H3. The number of rotatable bonds is 4. The van der Waals surface area contributed by atoms with Gasteiger partial charge in [-0.15, -0.1) is 11.3 Å². The molecule has 0 aliphatic rings. The third kappa shape index (κ3) is 3.50. The van der Waals surface area contributed by atoms with Crippen molar-refractivity contribution < 1.29 is 4.39 Å². The summed E-state index contributed by atoms with van der Waals surface area (Å²) >= 11 is 16.6. The molecule has 0 aliphatic heterocycles. The minimum Gasteiger partial charge on any atom is -0.306 e. The molecule has 1 atom stereocenters. The van der Waals surface area contributed by atoms with E-state index in [0.717, 1.165) is 21.5 Å². The van der Waals surface area contributed by atoms with E-state index >= 15 is 0 Å². The zero-order valence-corrected chi connectivity index (χ0v) is 13.9. The summed E-state index contributed by atoms with van der Waals surface area (Å²) in [5.74, 6) is -0.413. The van der Waals surface area contributed by atoms with Gasteiger partial charge in [-0.3, -0.25) is 0 Å². The second kappa shape index (κ2) is 6.55. The summed E-state index contributed by atoms with van der Waals surface area (Å²) in [6.07, 6.45) is 0. The van der Waals surface area contributed by atoms with Crippen molar-refractivity contribution in [1.29, 1.82) is 0 Å². The predicted molar refractivity (Wildman–Crippen MR) is 84.0 cm³/mol. The second-order valence-corrected chi connectivity index (χ2v) is 6.88. The third-order valence-electron chi connectivity index (χ3n) is 2.63. The lowest BCUT2D eigenvalue weighted by Crippen LogP contribution is -2.21. The van der Waals surface area contributed by atoms with Crippen LogP contribution in [0.4, 0.5) is 4.39 Å². The highest BCUT2D eigenvalue weighted by molar-refractivity contribution is 9.10. The number of hydrogen-bond acceptors (Lipinski definition) is 2. The van der Waals surface area contributed by atoms with Crippen LogP contribution in [0.5, 0.6) is 0 Å². The Bertz CT molecular complexity index is 569. The molecule has 1 heterocycles. The molecule has 1 aromatic heterocycles. The molecule has 0 radical (unpaired) electrons. The topological polar surface area (TPSA) is 12.0 Å². The van der Waals surface area contributed by atoms with Crippen LogP contribution >= 0.6 is 50.5 Å². The highest BCUT2D eigenvalue weighted by atomic mass is 79.9. The van der Waals surface area contributed by atoms with Crippen molar-refractivity contribution >= 4 is 50.5 Å². The molecular weight excluding hydrogens is 372 g/mol. The molecule has 1 N–H and O–H groups in total. The fraction of sp³-hybridized carbons (Fsp3) is 0.231. The average Bonchev–Trinajstić information content (AvgIpc) is 2.70. The van der Waals surface area contributed by atoms with Crippen molar-refractivity contribution in [3.63, 3.8) is 0 Å². The van der Waals surface area contributed by atoms with Gasteiger partial charge in [0.25, 0.3) is 0 Å².